The highest BCUT2D eigenvalue weighted by molar-refractivity contribution is 5.82. The van der Waals surface area contributed by atoms with E-state index in [9.17, 15) is 9.59 Å². The van der Waals surface area contributed by atoms with E-state index in [4.69, 9.17) is 0 Å². The molecule has 1 aliphatic heterocycles. The van der Waals surface area contributed by atoms with Crippen LogP contribution in [0.4, 0.5) is 0 Å². The zero-order valence-electron chi connectivity index (χ0n) is 15.1. The summed E-state index contributed by atoms with van der Waals surface area (Å²) < 4.78 is 1.86. The number of nitrogens with zero attached hydrogens (tertiary/aromatic N) is 3. The van der Waals surface area contributed by atoms with Crippen molar-refractivity contribution in [1.29, 1.82) is 0 Å². The van der Waals surface area contributed by atoms with Crippen LogP contribution in [0.2, 0.25) is 0 Å². The lowest BCUT2D eigenvalue weighted by molar-refractivity contribution is -0.136. The van der Waals surface area contributed by atoms with Crippen LogP contribution in [0, 0.1) is 25.7 Å². The van der Waals surface area contributed by atoms with Crippen LogP contribution >= 0.6 is 0 Å². The van der Waals surface area contributed by atoms with Crippen molar-refractivity contribution in [2.75, 3.05) is 13.1 Å². The second-order valence-electron chi connectivity index (χ2n) is 7.31. The first-order chi connectivity index (χ1) is 11.4. The highest BCUT2D eigenvalue weighted by atomic mass is 16.2. The second-order valence-corrected chi connectivity index (χ2v) is 7.31. The molecule has 1 aliphatic carbocycles. The van der Waals surface area contributed by atoms with E-state index in [2.05, 4.69) is 10.4 Å². The summed E-state index contributed by atoms with van der Waals surface area (Å²) >= 11 is 0. The molecule has 0 spiro atoms. The van der Waals surface area contributed by atoms with Gasteiger partial charge in [-0.1, -0.05) is 0 Å². The molecule has 1 saturated heterocycles. The van der Waals surface area contributed by atoms with Crippen LogP contribution in [-0.2, 0) is 16.6 Å². The third kappa shape index (κ3) is 3.32. The summed E-state index contributed by atoms with van der Waals surface area (Å²) in [5, 5.41) is 7.57. The van der Waals surface area contributed by atoms with Gasteiger partial charge < -0.3 is 10.2 Å². The number of aromatic nitrogens is 2. The molecule has 2 aliphatic rings. The average Bonchev–Trinajstić information content (AvgIpc) is 3.35. The summed E-state index contributed by atoms with van der Waals surface area (Å²) in [5.74, 6) is 0.674. The average molecular weight is 332 g/mol. The molecule has 2 amide bonds. The number of hydrogen-bond donors (Lipinski definition) is 1. The number of piperidine rings is 1. The monoisotopic (exact) mass is 332 g/mol. The van der Waals surface area contributed by atoms with Gasteiger partial charge in [0.1, 0.15) is 0 Å². The van der Waals surface area contributed by atoms with Gasteiger partial charge in [-0.2, -0.15) is 5.10 Å². The first kappa shape index (κ1) is 17.0. The van der Waals surface area contributed by atoms with Gasteiger partial charge in [-0.15, -0.1) is 0 Å². The van der Waals surface area contributed by atoms with E-state index >= 15 is 0 Å². The topological polar surface area (TPSA) is 67.2 Å². The summed E-state index contributed by atoms with van der Waals surface area (Å²) in [4.78, 5) is 26.6. The van der Waals surface area contributed by atoms with E-state index in [0.717, 1.165) is 42.6 Å². The lowest BCUT2D eigenvalue weighted by Crippen LogP contribution is -2.44. The van der Waals surface area contributed by atoms with E-state index in [1.165, 1.54) is 0 Å². The molecule has 6 heteroatoms. The van der Waals surface area contributed by atoms with E-state index in [-0.39, 0.29) is 23.8 Å². The van der Waals surface area contributed by atoms with Gasteiger partial charge >= 0.3 is 0 Å². The maximum absolute atomic E-state index is 12.6. The molecule has 0 aromatic carbocycles. The molecule has 6 nitrogen and oxygen atoms in total. The number of likely N-dealkylation sites (tertiary alicyclic amines) is 1. The number of aryl methyl sites for hydroxylation is 2. The Morgan fingerprint density at radius 2 is 1.75 bits per heavy atom. The molecule has 2 heterocycles. The lowest BCUT2D eigenvalue weighted by atomic mass is 9.94. The van der Waals surface area contributed by atoms with E-state index < -0.39 is 0 Å². The Kier molecular flexibility index (Phi) is 4.65. The molecule has 1 unspecified atom stereocenters. The Labute approximate surface area is 143 Å². The Balaban J connectivity index is 1.54. The Bertz CT molecular complexity index is 640. The van der Waals surface area contributed by atoms with Crippen molar-refractivity contribution >= 4 is 11.8 Å². The number of rotatable bonds is 4. The van der Waals surface area contributed by atoms with E-state index in [1.807, 2.05) is 37.4 Å². The van der Waals surface area contributed by atoms with Crippen molar-refractivity contribution in [1.82, 2.24) is 20.0 Å². The number of hydrogen-bond acceptors (Lipinski definition) is 3. The van der Waals surface area contributed by atoms with Crippen LogP contribution in [-0.4, -0.2) is 39.6 Å². The molecule has 24 heavy (non-hydrogen) atoms. The van der Waals surface area contributed by atoms with Crippen molar-refractivity contribution in [3.8, 4) is 0 Å². The Morgan fingerprint density at radius 3 is 2.25 bits per heavy atom. The summed E-state index contributed by atoms with van der Waals surface area (Å²) in [7, 11) is 1.92. The van der Waals surface area contributed by atoms with Crippen molar-refractivity contribution in [3.63, 3.8) is 0 Å². The first-order valence-electron chi connectivity index (χ1n) is 8.97. The SMILES string of the molecule is Cc1nn(C)c(C)c1C(C)NC(=O)C1CCN(C(=O)C2CC2)CC1. The lowest BCUT2D eigenvalue weighted by Gasteiger charge is -2.32. The number of carbonyl (C=O) groups excluding carboxylic acids is 2. The number of carbonyl (C=O) groups is 2. The molecule has 1 atom stereocenters. The maximum atomic E-state index is 12.6. The van der Waals surface area contributed by atoms with Crippen molar-refractivity contribution in [2.45, 2.75) is 52.5 Å². The minimum atomic E-state index is -0.0441. The zero-order valence-corrected chi connectivity index (χ0v) is 15.1. The first-order valence-corrected chi connectivity index (χ1v) is 8.97. The molecule has 132 valence electrons. The third-order valence-corrected chi connectivity index (χ3v) is 5.46. The van der Waals surface area contributed by atoms with Crippen LogP contribution < -0.4 is 5.32 Å². The maximum Gasteiger partial charge on any atom is 0.225 e. The highest BCUT2D eigenvalue weighted by Crippen LogP contribution is 2.32. The fraction of sp³-hybridized carbons (Fsp3) is 0.722. The summed E-state index contributed by atoms with van der Waals surface area (Å²) in [5.41, 5.74) is 3.16. The minimum absolute atomic E-state index is 0.00740. The fourth-order valence-electron chi connectivity index (χ4n) is 3.77. The smallest absolute Gasteiger partial charge is 0.225 e. The predicted octanol–water partition coefficient (Wildman–Crippen LogP) is 1.86. The van der Waals surface area contributed by atoms with Crippen LogP contribution in [0.3, 0.4) is 0 Å². The summed E-state index contributed by atoms with van der Waals surface area (Å²) in [6.45, 7) is 7.45. The van der Waals surface area contributed by atoms with Gasteiger partial charge in [-0.05, 0) is 46.5 Å². The van der Waals surface area contributed by atoms with Crippen molar-refractivity contribution < 1.29 is 9.59 Å². The molecule has 0 bridgehead atoms. The second kappa shape index (κ2) is 6.57. The van der Waals surface area contributed by atoms with Crippen LogP contribution in [0.5, 0.6) is 0 Å². The normalized spacial score (nSPS) is 20.1. The van der Waals surface area contributed by atoms with Crippen LogP contribution in [0.25, 0.3) is 0 Å². The van der Waals surface area contributed by atoms with Gasteiger partial charge in [-0.25, -0.2) is 0 Å². The minimum Gasteiger partial charge on any atom is -0.349 e. The van der Waals surface area contributed by atoms with Gasteiger partial charge in [-0.3, -0.25) is 14.3 Å². The fourth-order valence-corrected chi connectivity index (χ4v) is 3.77. The largest absolute Gasteiger partial charge is 0.349 e. The molecule has 1 saturated carbocycles. The van der Waals surface area contributed by atoms with Crippen LogP contribution in [0.15, 0.2) is 0 Å². The summed E-state index contributed by atoms with van der Waals surface area (Å²) in [6.07, 6.45) is 3.62. The third-order valence-electron chi connectivity index (χ3n) is 5.46. The molecule has 2 fully saturated rings. The van der Waals surface area contributed by atoms with Crippen molar-refractivity contribution in [3.05, 3.63) is 17.0 Å². The van der Waals surface area contributed by atoms with Gasteiger partial charge in [0.15, 0.2) is 0 Å². The molecule has 1 aromatic rings. The quantitative estimate of drug-likeness (QED) is 0.915. The molecule has 0 radical (unpaired) electrons. The van der Waals surface area contributed by atoms with Gasteiger partial charge in [0.25, 0.3) is 0 Å². The van der Waals surface area contributed by atoms with Gasteiger partial charge in [0.2, 0.25) is 11.8 Å². The number of amides is 2. The zero-order chi connectivity index (χ0) is 17.4. The predicted molar refractivity (Wildman–Crippen MR) is 91.3 cm³/mol. The molecular formula is C18H28N4O2. The Hall–Kier alpha value is -1.85. The van der Waals surface area contributed by atoms with E-state index in [1.54, 1.807) is 0 Å². The van der Waals surface area contributed by atoms with Gasteiger partial charge in [0, 0.05) is 43.2 Å². The number of nitrogens with one attached hydrogen (secondary N) is 1. The van der Waals surface area contributed by atoms with Gasteiger partial charge in [0.05, 0.1) is 11.7 Å². The standard InChI is InChI=1S/C18H28N4O2/c1-11(16-12(2)20-21(4)13(16)3)19-17(23)14-7-9-22(10-8-14)18(24)15-5-6-15/h11,14-15H,5-10H2,1-4H3,(H,19,23). The molecule has 1 aromatic heterocycles. The molecule has 1 N–H and O–H groups in total. The Morgan fingerprint density at radius 1 is 1.12 bits per heavy atom. The van der Waals surface area contributed by atoms with Crippen molar-refractivity contribution in [2.24, 2.45) is 18.9 Å². The van der Waals surface area contributed by atoms with E-state index in [0.29, 0.717) is 19.0 Å². The molecule has 3 rings (SSSR count). The summed E-state index contributed by atoms with van der Waals surface area (Å²) in [6, 6.07) is -0.0441. The van der Waals surface area contributed by atoms with Crippen LogP contribution in [0.1, 0.15) is 55.6 Å². The highest BCUT2D eigenvalue weighted by Gasteiger charge is 2.36. The molecular weight excluding hydrogens is 304 g/mol.